The topological polar surface area (TPSA) is 46.2 Å². The van der Waals surface area contributed by atoms with Crippen LogP contribution in [0.15, 0.2) is 0 Å². The van der Waals surface area contributed by atoms with E-state index in [-0.39, 0.29) is 5.75 Å². The molecular weight excluding hydrogens is 210 g/mol. The van der Waals surface area contributed by atoms with Crippen LogP contribution in [0.4, 0.5) is 0 Å². The number of nitrogens with one attached hydrogen (secondary N) is 1. The van der Waals surface area contributed by atoms with Crippen LogP contribution in [0.1, 0.15) is 46.0 Å². The first-order valence-corrected chi connectivity index (χ1v) is 7.66. The summed E-state index contributed by atoms with van der Waals surface area (Å²) in [7, 11) is -2.98. The Balaban J connectivity index is 2.16. The van der Waals surface area contributed by atoms with E-state index in [1.54, 1.807) is 6.92 Å². The Morgan fingerprint density at radius 1 is 1.20 bits per heavy atom. The van der Waals surface area contributed by atoms with Crippen LogP contribution in [0.5, 0.6) is 0 Å². The van der Waals surface area contributed by atoms with Gasteiger partial charge in [-0.2, -0.15) is 0 Å². The van der Waals surface area contributed by atoms with Gasteiger partial charge in [-0.3, -0.25) is 0 Å². The third kappa shape index (κ3) is 4.98. The molecule has 3 nitrogen and oxygen atoms in total. The Bertz CT molecular complexity index is 266. The van der Waals surface area contributed by atoms with Crippen molar-refractivity contribution in [1.29, 1.82) is 0 Å². The van der Waals surface area contributed by atoms with E-state index < -0.39 is 10.0 Å². The van der Waals surface area contributed by atoms with Gasteiger partial charge in [0.1, 0.15) is 0 Å². The van der Waals surface area contributed by atoms with Crippen LogP contribution in [0.2, 0.25) is 0 Å². The van der Waals surface area contributed by atoms with Crippen molar-refractivity contribution in [2.24, 2.45) is 11.8 Å². The molecular formula is C11H23NO2S. The SMILES string of the molecule is CCS(=O)(=O)NCCC1CCC(C)CC1. The second-order valence-electron chi connectivity index (χ2n) is 4.71. The Labute approximate surface area is 93.7 Å². The molecule has 0 bridgehead atoms. The molecule has 0 aromatic carbocycles. The van der Waals surface area contributed by atoms with Gasteiger partial charge in [0.25, 0.3) is 0 Å². The van der Waals surface area contributed by atoms with Crippen LogP contribution in [-0.4, -0.2) is 20.7 Å². The highest BCUT2D eigenvalue weighted by atomic mass is 32.2. The van der Waals surface area contributed by atoms with Crippen molar-refractivity contribution >= 4 is 10.0 Å². The highest BCUT2D eigenvalue weighted by Crippen LogP contribution is 2.29. The summed E-state index contributed by atoms with van der Waals surface area (Å²) in [4.78, 5) is 0. The molecule has 0 unspecified atom stereocenters. The van der Waals surface area contributed by atoms with Crippen LogP contribution in [0.25, 0.3) is 0 Å². The van der Waals surface area contributed by atoms with Crippen LogP contribution in [0.3, 0.4) is 0 Å². The molecule has 4 heteroatoms. The maximum Gasteiger partial charge on any atom is 0.211 e. The van der Waals surface area contributed by atoms with Gasteiger partial charge in [-0.25, -0.2) is 13.1 Å². The van der Waals surface area contributed by atoms with E-state index in [1.807, 2.05) is 0 Å². The molecule has 1 aliphatic carbocycles. The van der Waals surface area contributed by atoms with Crippen LogP contribution >= 0.6 is 0 Å². The Hall–Kier alpha value is -0.0900. The van der Waals surface area contributed by atoms with Gasteiger partial charge in [-0.15, -0.1) is 0 Å². The molecule has 0 aromatic rings. The van der Waals surface area contributed by atoms with Crippen LogP contribution in [-0.2, 0) is 10.0 Å². The molecule has 1 aliphatic rings. The van der Waals surface area contributed by atoms with Gasteiger partial charge in [-0.1, -0.05) is 32.6 Å². The zero-order valence-electron chi connectivity index (χ0n) is 9.83. The molecule has 15 heavy (non-hydrogen) atoms. The summed E-state index contributed by atoms with van der Waals surface area (Å²) in [6.45, 7) is 4.59. The monoisotopic (exact) mass is 233 g/mol. The molecule has 0 aromatic heterocycles. The van der Waals surface area contributed by atoms with Gasteiger partial charge >= 0.3 is 0 Å². The lowest BCUT2D eigenvalue weighted by atomic mass is 9.81. The second-order valence-corrected chi connectivity index (χ2v) is 6.81. The molecule has 0 heterocycles. The molecule has 90 valence electrons. The average Bonchev–Trinajstić information content (AvgIpc) is 2.21. The van der Waals surface area contributed by atoms with Crippen molar-refractivity contribution in [3.63, 3.8) is 0 Å². The fourth-order valence-electron chi connectivity index (χ4n) is 2.14. The average molecular weight is 233 g/mol. The molecule has 1 N–H and O–H groups in total. The molecule has 0 amide bonds. The largest absolute Gasteiger partial charge is 0.215 e. The van der Waals surface area contributed by atoms with E-state index in [4.69, 9.17) is 0 Å². The quantitative estimate of drug-likeness (QED) is 0.791. The van der Waals surface area contributed by atoms with Gasteiger partial charge in [0.2, 0.25) is 10.0 Å². The summed E-state index contributed by atoms with van der Waals surface area (Å²) in [5, 5.41) is 0. The van der Waals surface area contributed by atoms with Gasteiger partial charge in [0.15, 0.2) is 0 Å². The second kappa shape index (κ2) is 5.85. The smallest absolute Gasteiger partial charge is 0.211 e. The summed E-state index contributed by atoms with van der Waals surface area (Å²) < 4.78 is 25.0. The summed E-state index contributed by atoms with van der Waals surface area (Å²) in [5.41, 5.74) is 0. The van der Waals surface area contributed by atoms with E-state index in [2.05, 4.69) is 11.6 Å². The van der Waals surface area contributed by atoms with Crippen molar-refractivity contribution in [3.8, 4) is 0 Å². The van der Waals surface area contributed by atoms with Crippen molar-refractivity contribution in [2.75, 3.05) is 12.3 Å². The molecule has 1 fully saturated rings. The van der Waals surface area contributed by atoms with E-state index in [1.165, 1.54) is 25.7 Å². The first-order valence-electron chi connectivity index (χ1n) is 6.01. The fourth-order valence-corrected chi connectivity index (χ4v) is 2.77. The molecule has 0 radical (unpaired) electrons. The standard InChI is InChI=1S/C11H23NO2S/c1-3-15(13,14)12-9-8-11-6-4-10(2)5-7-11/h10-12H,3-9H2,1-2H3. The first kappa shape index (κ1) is 13.0. The van der Waals surface area contributed by atoms with Gasteiger partial charge < -0.3 is 0 Å². The maximum atomic E-state index is 11.2. The zero-order valence-corrected chi connectivity index (χ0v) is 10.6. The summed E-state index contributed by atoms with van der Waals surface area (Å²) in [5.74, 6) is 1.80. The minimum Gasteiger partial charge on any atom is -0.215 e. The molecule has 0 saturated heterocycles. The summed E-state index contributed by atoms with van der Waals surface area (Å²) in [6.07, 6.45) is 6.17. The summed E-state index contributed by atoms with van der Waals surface area (Å²) >= 11 is 0. The molecule has 0 atom stereocenters. The van der Waals surface area contributed by atoms with E-state index >= 15 is 0 Å². The molecule has 0 spiro atoms. The Kier molecular flexibility index (Phi) is 5.06. The first-order chi connectivity index (χ1) is 7.03. The van der Waals surface area contributed by atoms with Crippen molar-refractivity contribution in [1.82, 2.24) is 4.72 Å². The predicted octanol–water partition coefficient (Wildman–Crippen LogP) is 2.14. The molecule has 0 aliphatic heterocycles. The predicted molar refractivity (Wildman–Crippen MR) is 63.2 cm³/mol. The highest BCUT2D eigenvalue weighted by molar-refractivity contribution is 7.89. The number of rotatable bonds is 5. The minimum atomic E-state index is -2.98. The Morgan fingerprint density at radius 3 is 2.33 bits per heavy atom. The van der Waals surface area contributed by atoms with Gasteiger partial charge in [0.05, 0.1) is 5.75 Å². The van der Waals surface area contributed by atoms with Crippen LogP contribution < -0.4 is 4.72 Å². The number of sulfonamides is 1. The lowest BCUT2D eigenvalue weighted by molar-refractivity contribution is 0.278. The molecule has 1 rings (SSSR count). The van der Waals surface area contributed by atoms with Crippen molar-refractivity contribution in [2.45, 2.75) is 46.0 Å². The third-order valence-corrected chi connectivity index (χ3v) is 4.79. The van der Waals surface area contributed by atoms with Gasteiger partial charge in [-0.05, 0) is 25.2 Å². The van der Waals surface area contributed by atoms with Gasteiger partial charge in [0, 0.05) is 6.54 Å². The lowest BCUT2D eigenvalue weighted by Crippen LogP contribution is -2.28. The summed E-state index contributed by atoms with van der Waals surface area (Å²) in [6, 6.07) is 0. The fraction of sp³-hybridized carbons (Fsp3) is 1.00. The Morgan fingerprint density at radius 2 is 1.80 bits per heavy atom. The maximum absolute atomic E-state index is 11.2. The number of hydrogen-bond acceptors (Lipinski definition) is 2. The third-order valence-electron chi connectivity index (χ3n) is 3.39. The van der Waals surface area contributed by atoms with E-state index in [9.17, 15) is 8.42 Å². The normalized spacial score (nSPS) is 27.9. The van der Waals surface area contributed by atoms with E-state index in [0.717, 1.165) is 18.3 Å². The number of hydrogen-bond donors (Lipinski definition) is 1. The minimum absolute atomic E-state index is 0.189. The van der Waals surface area contributed by atoms with Crippen molar-refractivity contribution in [3.05, 3.63) is 0 Å². The highest BCUT2D eigenvalue weighted by Gasteiger charge is 2.18. The van der Waals surface area contributed by atoms with E-state index in [0.29, 0.717) is 6.54 Å². The molecule has 1 saturated carbocycles. The zero-order chi connectivity index (χ0) is 11.3. The van der Waals surface area contributed by atoms with Crippen LogP contribution in [0, 0.1) is 11.8 Å². The van der Waals surface area contributed by atoms with Crippen molar-refractivity contribution < 1.29 is 8.42 Å². The lowest BCUT2D eigenvalue weighted by Gasteiger charge is -2.25.